The number of hydrogen-bond acceptors (Lipinski definition) is 5. The maximum absolute atomic E-state index is 5.72. The van der Waals surface area contributed by atoms with Crippen molar-refractivity contribution in [1.82, 2.24) is 15.5 Å². The second-order valence-corrected chi connectivity index (χ2v) is 6.19. The molecule has 1 heterocycles. The van der Waals surface area contributed by atoms with Crippen molar-refractivity contribution in [2.75, 3.05) is 13.2 Å². The first kappa shape index (κ1) is 14.5. The van der Waals surface area contributed by atoms with Crippen LogP contribution < -0.4 is 5.32 Å². The van der Waals surface area contributed by atoms with Crippen LogP contribution in [0.25, 0.3) is 0 Å². The first-order valence-electron chi connectivity index (χ1n) is 7.18. The van der Waals surface area contributed by atoms with Gasteiger partial charge in [-0.1, -0.05) is 5.16 Å². The van der Waals surface area contributed by atoms with Gasteiger partial charge in [-0.15, -0.1) is 0 Å². The quantitative estimate of drug-likeness (QED) is 0.822. The van der Waals surface area contributed by atoms with Crippen LogP contribution in [0.2, 0.25) is 0 Å². The van der Waals surface area contributed by atoms with Gasteiger partial charge in [0.2, 0.25) is 11.7 Å². The second kappa shape index (κ2) is 6.01. The average Bonchev–Trinajstić information content (AvgIpc) is 3.05. The maximum atomic E-state index is 5.72. The molecule has 1 atom stereocenters. The molecule has 0 aliphatic heterocycles. The molecule has 0 saturated heterocycles. The van der Waals surface area contributed by atoms with Crippen LogP contribution in [0.4, 0.5) is 0 Å². The standard InChI is InChI=1S/C14H25N3O2/c1-5-18-12(10-6-7-10)13-16-11(19-17-13)8-9-15-14(2,3)4/h10,12,15H,5-9H2,1-4H3. The maximum Gasteiger partial charge on any atom is 0.228 e. The van der Waals surface area contributed by atoms with Gasteiger partial charge in [-0.25, -0.2) is 0 Å². The highest BCUT2D eigenvalue weighted by molar-refractivity contribution is 4.98. The van der Waals surface area contributed by atoms with Gasteiger partial charge < -0.3 is 14.6 Å². The summed E-state index contributed by atoms with van der Waals surface area (Å²) >= 11 is 0. The molecule has 1 aliphatic carbocycles. The van der Waals surface area contributed by atoms with Gasteiger partial charge in [-0.3, -0.25) is 0 Å². The Kier molecular flexibility index (Phi) is 4.58. The average molecular weight is 267 g/mol. The first-order chi connectivity index (χ1) is 8.99. The Morgan fingerprint density at radius 3 is 2.74 bits per heavy atom. The molecular weight excluding hydrogens is 242 g/mol. The summed E-state index contributed by atoms with van der Waals surface area (Å²) in [5.41, 5.74) is 0.116. The summed E-state index contributed by atoms with van der Waals surface area (Å²) < 4.78 is 11.0. The number of rotatable bonds is 7. The van der Waals surface area contributed by atoms with E-state index in [1.807, 2.05) is 6.92 Å². The normalized spacial score (nSPS) is 17.7. The van der Waals surface area contributed by atoms with E-state index in [0.29, 0.717) is 18.4 Å². The lowest BCUT2D eigenvalue weighted by atomic mass is 10.1. The monoisotopic (exact) mass is 267 g/mol. The predicted octanol–water partition coefficient (Wildman–Crippen LogP) is 2.49. The molecule has 5 nitrogen and oxygen atoms in total. The SMILES string of the molecule is CCOC(c1noc(CCNC(C)(C)C)n1)C1CC1. The van der Waals surface area contributed by atoms with Crippen molar-refractivity contribution in [2.24, 2.45) is 5.92 Å². The van der Waals surface area contributed by atoms with Crippen molar-refractivity contribution >= 4 is 0 Å². The Bertz CT molecular complexity index is 394. The summed E-state index contributed by atoms with van der Waals surface area (Å²) in [6, 6.07) is 0. The van der Waals surface area contributed by atoms with E-state index >= 15 is 0 Å². The zero-order valence-electron chi connectivity index (χ0n) is 12.4. The smallest absolute Gasteiger partial charge is 0.228 e. The Hall–Kier alpha value is -0.940. The van der Waals surface area contributed by atoms with Crippen molar-refractivity contribution < 1.29 is 9.26 Å². The zero-order chi connectivity index (χ0) is 13.9. The minimum Gasteiger partial charge on any atom is -0.370 e. The van der Waals surface area contributed by atoms with E-state index in [0.717, 1.165) is 18.8 Å². The lowest BCUT2D eigenvalue weighted by Crippen LogP contribution is -2.37. The third-order valence-electron chi connectivity index (χ3n) is 3.13. The Balaban J connectivity index is 1.87. The Morgan fingerprint density at radius 2 is 2.16 bits per heavy atom. The first-order valence-corrected chi connectivity index (χ1v) is 7.18. The largest absolute Gasteiger partial charge is 0.370 e. The number of aromatic nitrogens is 2. The van der Waals surface area contributed by atoms with Crippen molar-refractivity contribution in [2.45, 2.75) is 58.6 Å². The third-order valence-corrected chi connectivity index (χ3v) is 3.13. The molecule has 0 radical (unpaired) electrons. The summed E-state index contributed by atoms with van der Waals surface area (Å²) in [6.45, 7) is 9.97. The zero-order valence-corrected chi connectivity index (χ0v) is 12.4. The van der Waals surface area contributed by atoms with Crippen LogP contribution in [0, 0.1) is 5.92 Å². The van der Waals surface area contributed by atoms with Gasteiger partial charge in [0, 0.05) is 25.1 Å². The van der Waals surface area contributed by atoms with Crippen molar-refractivity contribution in [3.8, 4) is 0 Å². The van der Waals surface area contributed by atoms with Crippen LogP contribution in [0.3, 0.4) is 0 Å². The fourth-order valence-corrected chi connectivity index (χ4v) is 2.03. The van der Waals surface area contributed by atoms with Crippen LogP contribution in [0.5, 0.6) is 0 Å². The molecule has 1 N–H and O–H groups in total. The van der Waals surface area contributed by atoms with Gasteiger partial charge in [0.1, 0.15) is 6.10 Å². The van der Waals surface area contributed by atoms with E-state index in [4.69, 9.17) is 9.26 Å². The van der Waals surface area contributed by atoms with Gasteiger partial charge in [-0.2, -0.15) is 4.98 Å². The fourth-order valence-electron chi connectivity index (χ4n) is 2.03. The molecule has 108 valence electrons. The van der Waals surface area contributed by atoms with Gasteiger partial charge in [0.25, 0.3) is 0 Å². The fraction of sp³-hybridized carbons (Fsp3) is 0.857. The van der Waals surface area contributed by atoms with Crippen LogP contribution >= 0.6 is 0 Å². The highest BCUT2D eigenvalue weighted by atomic mass is 16.5. The molecule has 1 fully saturated rings. The highest BCUT2D eigenvalue weighted by Crippen LogP contribution is 2.42. The molecule has 1 unspecified atom stereocenters. The minimum absolute atomic E-state index is 0.0260. The molecule has 2 rings (SSSR count). The van der Waals surface area contributed by atoms with Crippen molar-refractivity contribution in [1.29, 1.82) is 0 Å². The van der Waals surface area contributed by atoms with Gasteiger partial charge in [0.05, 0.1) is 0 Å². The predicted molar refractivity (Wildman–Crippen MR) is 72.8 cm³/mol. The Morgan fingerprint density at radius 1 is 1.42 bits per heavy atom. The Labute approximate surface area is 115 Å². The second-order valence-electron chi connectivity index (χ2n) is 6.19. The summed E-state index contributed by atoms with van der Waals surface area (Å²) in [5, 5.41) is 7.48. The van der Waals surface area contributed by atoms with E-state index in [9.17, 15) is 0 Å². The van der Waals surface area contributed by atoms with Gasteiger partial charge in [-0.05, 0) is 46.5 Å². The summed E-state index contributed by atoms with van der Waals surface area (Å²) in [7, 11) is 0. The van der Waals surface area contributed by atoms with E-state index in [1.165, 1.54) is 12.8 Å². The molecule has 0 spiro atoms. The van der Waals surface area contributed by atoms with Crippen molar-refractivity contribution in [3.63, 3.8) is 0 Å². The number of hydrogen-bond donors (Lipinski definition) is 1. The molecule has 1 saturated carbocycles. The topological polar surface area (TPSA) is 60.2 Å². The van der Waals surface area contributed by atoms with E-state index in [-0.39, 0.29) is 11.6 Å². The molecule has 0 bridgehead atoms. The van der Waals surface area contributed by atoms with Crippen molar-refractivity contribution in [3.05, 3.63) is 11.7 Å². The van der Waals surface area contributed by atoms with E-state index < -0.39 is 0 Å². The van der Waals surface area contributed by atoms with Crippen LogP contribution in [0.15, 0.2) is 4.52 Å². The summed E-state index contributed by atoms with van der Waals surface area (Å²) in [4.78, 5) is 4.47. The highest BCUT2D eigenvalue weighted by Gasteiger charge is 2.36. The van der Waals surface area contributed by atoms with Crippen LogP contribution in [-0.4, -0.2) is 28.8 Å². The number of nitrogens with one attached hydrogen (secondary N) is 1. The molecule has 0 amide bonds. The van der Waals surface area contributed by atoms with E-state index in [1.54, 1.807) is 0 Å². The molecular formula is C14H25N3O2. The third kappa shape index (κ3) is 4.58. The van der Waals surface area contributed by atoms with Crippen LogP contribution in [0.1, 0.15) is 58.4 Å². The van der Waals surface area contributed by atoms with E-state index in [2.05, 4.69) is 36.2 Å². The summed E-state index contributed by atoms with van der Waals surface area (Å²) in [5.74, 6) is 1.99. The number of ether oxygens (including phenoxy) is 1. The molecule has 1 aromatic heterocycles. The molecule has 1 aromatic rings. The lowest BCUT2D eigenvalue weighted by Gasteiger charge is -2.19. The van der Waals surface area contributed by atoms with Gasteiger partial charge in [0.15, 0.2) is 0 Å². The molecule has 0 aromatic carbocycles. The molecule has 1 aliphatic rings. The lowest BCUT2D eigenvalue weighted by molar-refractivity contribution is 0.0384. The molecule has 19 heavy (non-hydrogen) atoms. The molecule has 5 heteroatoms. The summed E-state index contributed by atoms with van der Waals surface area (Å²) in [6.07, 6.45) is 3.20. The van der Waals surface area contributed by atoms with Crippen LogP contribution in [-0.2, 0) is 11.2 Å². The number of nitrogens with zero attached hydrogens (tertiary/aromatic N) is 2. The minimum atomic E-state index is 0.0260. The van der Waals surface area contributed by atoms with Gasteiger partial charge >= 0.3 is 0 Å².